The molecule has 1 amide bonds. The van der Waals surface area contributed by atoms with Gasteiger partial charge in [-0.3, -0.25) is 4.79 Å². The van der Waals surface area contributed by atoms with E-state index in [0.717, 1.165) is 24.0 Å². The Morgan fingerprint density at radius 2 is 1.60 bits per heavy atom. The largest absolute Gasteiger partial charge is 0.348 e. The van der Waals surface area contributed by atoms with Gasteiger partial charge in [-0.15, -0.1) is 5.10 Å². The first kappa shape index (κ1) is 15.6. The fourth-order valence-electron chi connectivity index (χ4n) is 3.09. The zero-order chi connectivity index (χ0) is 17.1. The molecular weight excluding hydrogens is 312 g/mol. The standard InChI is InChI=1S/C20H20N4O/c25-20(21-17-12-7-13-17)18-14-24(23-22-18)19(15-8-3-1-4-9-15)16-10-5-2-6-11-16/h1-6,8-11,14,17,19H,7,12-13H2,(H,21,25). The maximum absolute atomic E-state index is 12.3. The predicted octanol–water partition coefficient (Wildman–Crippen LogP) is 3.20. The molecule has 0 spiro atoms. The van der Waals surface area contributed by atoms with Gasteiger partial charge < -0.3 is 5.32 Å². The minimum absolute atomic E-state index is 0.111. The van der Waals surface area contributed by atoms with Gasteiger partial charge in [0, 0.05) is 6.04 Å². The lowest BCUT2D eigenvalue weighted by atomic mass is 9.93. The second kappa shape index (κ2) is 6.89. The van der Waals surface area contributed by atoms with Gasteiger partial charge in [-0.2, -0.15) is 0 Å². The highest BCUT2D eigenvalue weighted by molar-refractivity contribution is 5.92. The molecule has 5 nitrogen and oxygen atoms in total. The molecule has 5 heteroatoms. The molecule has 3 aromatic rings. The van der Waals surface area contributed by atoms with Crippen molar-refractivity contribution in [3.8, 4) is 0 Å². The lowest BCUT2D eigenvalue weighted by Crippen LogP contribution is -2.39. The van der Waals surface area contributed by atoms with Crippen molar-refractivity contribution in [2.24, 2.45) is 0 Å². The van der Waals surface area contributed by atoms with E-state index in [2.05, 4.69) is 39.9 Å². The molecule has 1 saturated carbocycles. The number of hydrogen-bond acceptors (Lipinski definition) is 3. The van der Waals surface area contributed by atoms with Crippen LogP contribution in [0.15, 0.2) is 66.9 Å². The van der Waals surface area contributed by atoms with Crippen LogP contribution < -0.4 is 5.32 Å². The fraction of sp³-hybridized carbons (Fsp3) is 0.250. The number of carbonyl (C=O) groups is 1. The van der Waals surface area contributed by atoms with Crippen molar-refractivity contribution in [1.82, 2.24) is 20.3 Å². The third kappa shape index (κ3) is 3.31. The van der Waals surface area contributed by atoms with Gasteiger partial charge in [0.2, 0.25) is 0 Å². The SMILES string of the molecule is O=C(NC1CCC1)c1cn(C(c2ccccc2)c2ccccc2)nn1. The quantitative estimate of drug-likeness (QED) is 0.780. The van der Waals surface area contributed by atoms with E-state index in [1.54, 1.807) is 10.9 Å². The van der Waals surface area contributed by atoms with Gasteiger partial charge >= 0.3 is 0 Å². The van der Waals surface area contributed by atoms with Crippen LogP contribution in [0.25, 0.3) is 0 Å². The molecule has 0 unspecified atom stereocenters. The third-order valence-electron chi connectivity index (χ3n) is 4.68. The summed E-state index contributed by atoms with van der Waals surface area (Å²) in [6.07, 6.45) is 5.02. The van der Waals surface area contributed by atoms with Crippen molar-refractivity contribution in [2.45, 2.75) is 31.3 Å². The van der Waals surface area contributed by atoms with E-state index < -0.39 is 0 Å². The molecule has 1 heterocycles. The van der Waals surface area contributed by atoms with E-state index in [9.17, 15) is 4.79 Å². The van der Waals surface area contributed by atoms with Gasteiger partial charge in [0.25, 0.3) is 5.91 Å². The Labute approximate surface area is 146 Å². The normalized spacial score (nSPS) is 14.3. The molecule has 2 aromatic carbocycles. The molecule has 25 heavy (non-hydrogen) atoms. The molecule has 1 aromatic heterocycles. The van der Waals surface area contributed by atoms with Crippen LogP contribution in [0.1, 0.15) is 46.9 Å². The van der Waals surface area contributed by atoms with E-state index in [0.29, 0.717) is 5.69 Å². The molecular formula is C20H20N4O. The molecule has 0 radical (unpaired) electrons. The monoisotopic (exact) mass is 332 g/mol. The van der Waals surface area contributed by atoms with Crippen LogP contribution in [0, 0.1) is 0 Å². The number of amides is 1. The summed E-state index contributed by atoms with van der Waals surface area (Å²) < 4.78 is 1.76. The number of nitrogens with zero attached hydrogens (tertiary/aromatic N) is 3. The van der Waals surface area contributed by atoms with Crippen LogP contribution in [0.2, 0.25) is 0 Å². The summed E-state index contributed by atoms with van der Waals surface area (Å²) in [7, 11) is 0. The average Bonchev–Trinajstić information content (AvgIpc) is 3.10. The van der Waals surface area contributed by atoms with Crippen LogP contribution in [0.5, 0.6) is 0 Å². The van der Waals surface area contributed by atoms with Gasteiger partial charge in [0.1, 0.15) is 6.04 Å². The van der Waals surface area contributed by atoms with Crippen molar-refractivity contribution >= 4 is 5.91 Å². The van der Waals surface area contributed by atoms with Gasteiger partial charge in [-0.25, -0.2) is 4.68 Å². The van der Waals surface area contributed by atoms with Crippen LogP contribution >= 0.6 is 0 Å². The van der Waals surface area contributed by atoms with Crippen molar-refractivity contribution in [1.29, 1.82) is 0 Å². The number of benzene rings is 2. The van der Waals surface area contributed by atoms with Gasteiger partial charge in [-0.1, -0.05) is 65.9 Å². The van der Waals surface area contributed by atoms with Crippen LogP contribution in [-0.4, -0.2) is 26.9 Å². The number of nitrogens with one attached hydrogen (secondary N) is 1. The maximum Gasteiger partial charge on any atom is 0.273 e. The number of aromatic nitrogens is 3. The fourth-order valence-corrected chi connectivity index (χ4v) is 3.09. The van der Waals surface area contributed by atoms with Crippen molar-refractivity contribution in [2.75, 3.05) is 0 Å². The molecule has 1 N–H and O–H groups in total. The highest BCUT2D eigenvalue weighted by Gasteiger charge is 2.23. The topological polar surface area (TPSA) is 59.8 Å². The number of carbonyl (C=O) groups excluding carboxylic acids is 1. The first-order valence-corrected chi connectivity index (χ1v) is 8.64. The minimum Gasteiger partial charge on any atom is -0.348 e. The summed E-state index contributed by atoms with van der Waals surface area (Å²) in [5, 5.41) is 11.4. The van der Waals surface area contributed by atoms with Crippen molar-refractivity contribution in [3.63, 3.8) is 0 Å². The summed E-state index contributed by atoms with van der Waals surface area (Å²) in [6, 6.07) is 20.4. The first-order chi connectivity index (χ1) is 12.3. The zero-order valence-corrected chi connectivity index (χ0v) is 13.9. The molecule has 4 rings (SSSR count). The molecule has 126 valence electrons. The van der Waals surface area contributed by atoms with E-state index in [1.807, 2.05) is 36.4 Å². The van der Waals surface area contributed by atoms with Crippen molar-refractivity contribution in [3.05, 3.63) is 83.7 Å². The Balaban J connectivity index is 1.65. The van der Waals surface area contributed by atoms with Gasteiger partial charge in [0.15, 0.2) is 5.69 Å². The molecule has 1 fully saturated rings. The molecule has 1 aliphatic carbocycles. The molecule has 0 bridgehead atoms. The smallest absolute Gasteiger partial charge is 0.273 e. The lowest BCUT2D eigenvalue weighted by molar-refractivity contribution is 0.0911. The lowest BCUT2D eigenvalue weighted by Gasteiger charge is -2.25. The minimum atomic E-state index is -0.143. The molecule has 1 aliphatic rings. The average molecular weight is 332 g/mol. The highest BCUT2D eigenvalue weighted by atomic mass is 16.2. The van der Waals surface area contributed by atoms with E-state index in [-0.39, 0.29) is 18.0 Å². The first-order valence-electron chi connectivity index (χ1n) is 8.64. The highest BCUT2D eigenvalue weighted by Crippen LogP contribution is 2.26. The summed E-state index contributed by atoms with van der Waals surface area (Å²) in [6.45, 7) is 0. The Morgan fingerprint density at radius 3 is 2.12 bits per heavy atom. The summed E-state index contributed by atoms with van der Waals surface area (Å²) in [5.41, 5.74) is 2.57. The van der Waals surface area contributed by atoms with Crippen LogP contribution in [-0.2, 0) is 0 Å². The predicted molar refractivity (Wildman–Crippen MR) is 95.3 cm³/mol. The van der Waals surface area contributed by atoms with Crippen LogP contribution in [0.4, 0.5) is 0 Å². The zero-order valence-electron chi connectivity index (χ0n) is 13.9. The Kier molecular flexibility index (Phi) is 4.29. The van der Waals surface area contributed by atoms with Gasteiger partial charge in [-0.05, 0) is 30.4 Å². The third-order valence-corrected chi connectivity index (χ3v) is 4.68. The molecule has 0 atom stereocenters. The number of hydrogen-bond donors (Lipinski definition) is 1. The van der Waals surface area contributed by atoms with Crippen molar-refractivity contribution < 1.29 is 4.79 Å². The van der Waals surface area contributed by atoms with E-state index in [1.165, 1.54) is 6.42 Å². The second-order valence-corrected chi connectivity index (χ2v) is 6.41. The summed E-state index contributed by atoms with van der Waals surface area (Å²) in [5.74, 6) is -0.143. The Bertz CT molecular complexity index is 801. The number of rotatable bonds is 5. The summed E-state index contributed by atoms with van der Waals surface area (Å²) >= 11 is 0. The second-order valence-electron chi connectivity index (χ2n) is 6.41. The summed E-state index contributed by atoms with van der Waals surface area (Å²) in [4.78, 5) is 12.3. The molecule has 0 saturated heterocycles. The van der Waals surface area contributed by atoms with Gasteiger partial charge in [0.05, 0.1) is 6.20 Å². The van der Waals surface area contributed by atoms with E-state index in [4.69, 9.17) is 0 Å². The van der Waals surface area contributed by atoms with E-state index >= 15 is 0 Å². The van der Waals surface area contributed by atoms with Crippen LogP contribution in [0.3, 0.4) is 0 Å². The Hall–Kier alpha value is -2.95. The maximum atomic E-state index is 12.3. The molecule has 0 aliphatic heterocycles. The Morgan fingerprint density at radius 1 is 1.00 bits per heavy atom.